The van der Waals surface area contributed by atoms with Crippen molar-refractivity contribution in [3.05, 3.63) is 0 Å². The molecule has 0 aromatic carbocycles. The fourth-order valence-corrected chi connectivity index (χ4v) is 2.43. The van der Waals surface area contributed by atoms with E-state index < -0.39 is 0 Å². The molecule has 15 heavy (non-hydrogen) atoms. The highest BCUT2D eigenvalue weighted by molar-refractivity contribution is 7.80. The largest absolute Gasteiger partial charge is 0.309 e. The van der Waals surface area contributed by atoms with Crippen LogP contribution in [0.25, 0.3) is 0 Å². The second-order valence-electron chi connectivity index (χ2n) is 5.04. The van der Waals surface area contributed by atoms with E-state index in [2.05, 4.69) is 62.6 Å². The van der Waals surface area contributed by atoms with Gasteiger partial charge < -0.3 is 10.2 Å². The molecule has 4 heteroatoms. The highest BCUT2D eigenvalue weighted by Gasteiger charge is 2.35. The van der Waals surface area contributed by atoms with E-state index in [1.165, 1.54) is 0 Å². The number of nitrogens with zero attached hydrogens (tertiary/aromatic N) is 2. The Morgan fingerprint density at radius 1 is 1.27 bits per heavy atom. The SMILES string of the molecule is CC(C)NC1CN(C(C)S)CC1N(C)C. The molecule has 90 valence electrons. The van der Waals surface area contributed by atoms with Crippen LogP contribution < -0.4 is 5.32 Å². The molecule has 3 atom stereocenters. The lowest BCUT2D eigenvalue weighted by Crippen LogP contribution is -2.48. The predicted octanol–water partition coefficient (Wildman–Crippen LogP) is 0.875. The number of nitrogens with one attached hydrogen (secondary N) is 1. The van der Waals surface area contributed by atoms with E-state index >= 15 is 0 Å². The van der Waals surface area contributed by atoms with E-state index in [0.717, 1.165) is 13.1 Å². The minimum absolute atomic E-state index is 0.353. The normalized spacial score (nSPS) is 30.4. The first-order valence-corrected chi connectivity index (χ1v) is 6.28. The Labute approximate surface area is 99.6 Å². The third kappa shape index (κ3) is 3.63. The summed E-state index contributed by atoms with van der Waals surface area (Å²) >= 11 is 4.51. The van der Waals surface area contributed by atoms with Gasteiger partial charge in [-0.25, -0.2) is 0 Å². The lowest BCUT2D eigenvalue weighted by molar-refractivity contribution is 0.249. The average Bonchev–Trinajstić information content (AvgIpc) is 2.46. The zero-order valence-electron chi connectivity index (χ0n) is 10.6. The third-order valence-electron chi connectivity index (χ3n) is 3.06. The molecule has 1 saturated heterocycles. The molecule has 3 nitrogen and oxygen atoms in total. The van der Waals surface area contributed by atoms with Gasteiger partial charge in [-0.2, -0.15) is 12.6 Å². The minimum Gasteiger partial charge on any atom is -0.309 e. The maximum absolute atomic E-state index is 4.51. The van der Waals surface area contributed by atoms with Crippen LogP contribution in [0.3, 0.4) is 0 Å². The zero-order valence-corrected chi connectivity index (χ0v) is 11.5. The van der Waals surface area contributed by atoms with Gasteiger partial charge in [0.15, 0.2) is 0 Å². The lowest BCUT2D eigenvalue weighted by atomic mass is 10.1. The Bertz CT molecular complexity index is 194. The van der Waals surface area contributed by atoms with E-state index in [0.29, 0.717) is 23.5 Å². The Morgan fingerprint density at radius 2 is 1.87 bits per heavy atom. The van der Waals surface area contributed by atoms with Crippen LogP contribution in [0.2, 0.25) is 0 Å². The molecule has 1 aliphatic heterocycles. The summed E-state index contributed by atoms with van der Waals surface area (Å²) < 4.78 is 0. The van der Waals surface area contributed by atoms with Crippen molar-refractivity contribution in [3.8, 4) is 0 Å². The number of hydrogen-bond acceptors (Lipinski definition) is 4. The molecule has 1 aliphatic rings. The maximum Gasteiger partial charge on any atom is 0.0500 e. The molecule has 3 unspecified atom stereocenters. The fraction of sp³-hybridized carbons (Fsp3) is 1.00. The van der Waals surface area contributed by atoms with Gasteiger partial charge in [-0.3, -0.25) is 4.90 Å². The Hall–Kier alpha value is 0.230. The molecule has 1 fully saturated rings. The summed E-state index contributed by atoms with van der Waals surface area (Å²) in [7, 11) is 4.32. The second-order valence-corrected chi connectivity index (χ2v) is 5.79. The number of hydrogen-bond donors (Lipinski definition) is 2. The van der Waals surface area contributed by atoms with Crippen molar-refractivity contribution in [1.29, 1.82) is 0 Å². The van der Waals surface area contributed by atoms with Crippen molar-refractivity contribution in [2.75, 3.05) is 27.2 Å². The van der Waals surface area contributed by atoms with Gasteiger partial charge in [0.1, 0.15) is 0 Å². The summed E-state index contributed by atoms with van der Waals surface area (Å²) in [6.45, 7) is 8.78. The molecule has 1 rings (SSSR count). The molecule has 0 aliphatic carbocycles. The summed E-state index contributed by atoms with van der Waals surface area (Å²) in [6.07, 6.45) is 0. The summed E-state index contributed by atoms with van der Waals surface area (Å²) in [5.74, 6) is 0. The molecule has 1 heterocycles. The van der Waals surface area contributed by atoms with Gasteiger partial charge in [0, 0.05) is 31.2 Å². The van der Waals surface area contributed by atoms with Crippen LogP contribution in [-0.2, 0) is 0 Å². The average molecular weight is 231 g/mol. The number of likely N-dealkylation sites (tertiary alicyclic amines) is 1. The number of likely N-dealkylation sites (N-methyl/N-ethyl adjacent to an activating group) is 1. The lowest BCUT2D eigenvalue weighted by Gasteiger charge is -2.27. The molecule has 0 bridgehead atoms. The Morgan fingerprint density at radius 3 is 2.27 bits per heavy atom. The first-order chi connectivity index (χ1) is 6.91. The predicted molar refractivity (Wildman–Crippen MR) is 69.6 cm³/mol. The van der Waals surface area contributed by atoms with Crippen molar-refractivity contribution in [3.63, 3.8) is 0 Å². The first kappa shape index (κ1) is 13.3. The van der Waals surface area contributed by atoms with E-state index in [4.69, 9.17) is 0 Å². The van der Waals surface area contributed by atoms with Crippen molar-refractivity contribution in [2.45, 2.75) is 44.3 Å². The van der Waals surface area contributed by atoms with E-state index in [1.54, 1.807) is 0 Å². The first-order valence-electron chi connectivity index (χ1n) is 5.76. The number of rotatable bonds is 4. The van der Waals surface area contributed by atoms with Gasteiger partial charge in [0.25, 0.3) is 0 Å². The van der Waals surface area contributed by atoms with E-state index in [9.17, 15) is 0 Å². The molecule has 0 aromatic rings. The molecule has 0 aromatic heterocycles. The molecule has 0 spiro atoms. The Kier molecular flexibility index (Phi) is 4.90. The monoisotopic (exact) mass is 231 g/mol. The van der Waals surface area contributed by atoms with Crippen LogP contribution in [0.15, 0.2) is 0 Å². The van der Waals surface area contributed by atoms with Crippen LogP contribution in [0.5, 0.6) is 0 Å². The molecule has 0 saturated carbocycles. The van der Waals surface area contributed by atoms with Crippen molar-refractivity contribution in [1.82, 2.24) is 15.1 Å². The van der Waals surface area contributed by atoms with Crippen LogP contribution >= 0.6 is 12.6 Å². The second kappa shape index (κ2) is 5.53. The van der Waals surface area contributed by atoms with Crippen LogP contribution in [0.1, 0.15) is 20.8 Å². The van der Waals surface area contributed by atoms with Crippen LogP contribution in [0, 0.1) is 0 Å². The molecular formula is C11H25N3S. The number of thiol groups is 1. The maximum atomic E-state index is 4.51. The molecule has 1 N–H and O–H groups in total. The smallest absolute Gasteiger partial charge is 0.0500 e. The quantitative estimate of drug-likeness (QED) is 0.700. The topological polar surface area (TPSA) is 18.5 Å². The van der Waals surface area contributed by atoms with Crippen LogP contribution in [-0.4, -0.2) is 60.5 Å². The summed E-state index contributed by atoms with van der Waals surface area (Å²) in [4.78, 5) is 4.74. The van der Waals surface area contributed by atoms with Gasteiger partial charge >= 0.3 is 0 Å². The summed E-state index contributed by atoms with van der Waals surface area (Å²) in [5, 5.41) is 3.99. The molecule has 0 amide bonds. The van der Waals surface area contributed by atoms with Crippen LogP contribution in [0.4, 0.5) is 0 Å². The zero-order chi connectivity index (χ0) is 11.6. The van der Waals surface area contributed by atoms with Crippen molar-refractivity contribution >= 4 is 12.6 Å². The van der Waals surface area contributed by atoms with E-state index in [-0.39, 0.29) is 0 Å². The van der Waals surface area contributed by atoms with Gasteiger partial charge in [0.05, 0.1) is 5.37 Å². The highest BCUT2D eigenvalue weighted by Crippen LogP contribution is 2.18. The summed E-state index contributed by atoms with van der Waals surface area (Å²) in [5.41, 5.74) is 0. The fourth-order valence-electron chi connectivity index (χ4n) is 2.24. The van der Waals surface area contributed by atoms with Gasteiger partial charge in [0.2, 0.25) is 0 Å². The summed E-state index contributed by atoms with van der Waals surface area (Å²) in [6, 6.07) is 1.71. The minimum atomic E-state index is 0.353. The Balaban J connectivity index is 2.59. The van der Waals surface area contributed by atoms with Gasteiger partial charge in [-0.05, 0) is 21.0 Å². The van der Waals surface area contributed by atoms with Crippen molar-refractivity contribution < 1.29 is 0 Å². The third-order valence-corrected chi connectivity index (χ3v) is 3.38. The molecule has 0 radical (unpaired) electrons. The molecular weight excluding hydrogens is 206 g/mol. The van der Waals surface area contributed by atoms with Gasteiger partial charge in [-0.1, -0.05) is 13.8 Å². The highest BCUT2D eigenvalue weighted by atomic mass is 32.1. The van der Waals surface area contributed by atoms with Crippen molar-refractivity contribution in [2.24, 2.45) is 0 Å². The van der Waals surface area contributed by atoms with Gasteiger partial charge in [-0.15, -0.1) is 0 Å². The standard InChI is InChI=1S/C11H25N3S/c1-8(2)12-10-6-14(9(3)15)7-11(10)13(4)5/h8-12,15H,6-7H2,1-5H3. The van der Waals surface area contributed by atoms with E-state index in [1.807, 2.05) is 0 Å².